The number of nitrogens with zero attached hydrogens (tertiary/aromatic N) is 2. The minimum Gasteiger partial charge on any atom is -0.478 e. The fraction of sp³-hybridized carbons (Fsp3) is 0.385. The Morgan fingerprint density at radius 3 is 2.95 bits per heavy atom. The highest BCUT2D eigenvalue weighted by Crippen LogP contribution is 2.14. The third kappa shape index (κ3) is 3.23. The van der Waals surface area contributed by atoms with E-state index in [0.717, 1.165) is 18.7 Å². The van der Waals surface area contributed by atoms with Crippen LogP contribution < -0.4 is 5.32 Å². The Labute approximate surface area is 111 Å². The number of rotatable bonds is 6. The molecule has 6 nitrogen and oxygen atoms in total. The van der Waals surface area contributed by atoms with Gasteiger partial charge < -0.3 is 14.8 Å². The molecular formula is C13H17N3O3. The largest absolute Gasteiger partial charge is 0.478 e. The summed E-state index contributed by atoms with van der Waals surface area (Å²) >= 11 is 0. The number of carbonyl (C=O) groups is 1. The zero-order valence-corrected chi connectivity index (χ0v) is 11.0. The van der Waals surface area contributed by atoms with Crippen LogP contribution in [0.3, 0.4) is 0 Å². The van der Waals surface area contributed by atoms with Gasteiger partial charge in [-0.2, -0.15) is 5.10 Å². The SMILES string of the molecule is Cc1oc(CNCCc2ccnn2C)cc1C(=O)O. The van der Waals surface area contributed by atoms with Crippen LogP contribution in [0, 0.1) is 6.92 Å². The van der Waals surface area contributed by atoms with Crippen molar-refractivity contribution in [3.05, 3.63) is 41.1 Å². The van der Waals surface area contributed by atoms with E-state index in [9.17, 15) is 4.79 Å². The predicted molar refractivity (Wildman–Crippen MR) is 69.0 cm³/mol. The van der Waals surface area contributed by atoms with E-state index < -0.39 is 5.97 Å². The molecule has 0 unspecified atom stereocenters. The number of hydrogen-bond acceptors (Lipinski definition) is 4. The van der Waals surface area contributed by atoms with Gasteiger partial charge in [-0.1, -0.05) is 0 Å². The third-order valence-electron chi connectivity index (χ3n) is 2.98. The molecule has 0 amide bonds. The Morgan fingerprint density at radius 1 is 1.58 bits per heavy atom. The molecule has 2 aromatic heterocycles. The Bertz CT molecular complexity index is 571. The van der Waals surface area contributed by atoms with Gasteiger partial charge in [0.15, 0.2) is 0 Å². The molecule has 19 heavy (non-hydrogen) atoms. The van der Waals surface area contributed by atoms with E-state index in [2.05, 4.69) is 10.4 Å². The van der Waals surface area contributed by atoms with E-state index in [1.165, 1.54) is 0 Å². The molecule has 0 bridgehead atoms. The Kier molecular flexibility index (Phi) is 4.01. The lowest BCUT2D eigenvalue weighted by Gasteiger charge is -2.03. The van der Waals surface area contributed by atoms with Crippen molar-refractivity contribution in [2.24, 2.45) is 7.05 Å². The number of aromatic nitrogens is 2. The van der Waals surface area contributed by atoms with Crippen molar-refractivity contribution in [2.45, 2.75) is 19.9 Å². The maximum atomic E-state index is 10.9. The summed E-state index contributed by atoms with van der Waals surface area (Å²) in [6, 6.07) is 3.54. The van der Waals surface area contributed by atoms with Gasteiger partial charge in [0, 0.05) is 31.9 Å². The van der Waals surface area contributed by atoms with Crippen LogP contribution in [0.25, 0.3) is 0 Å². The Morgan fingerprint density at radius 2 is 2.37 bits per heavy atom. The molecule has 0 aliphatic carbocycles. The van der Waals surface area contributed by atoms with Gasteiger partial charge in [-0.3, -0.25) is 4.68 Å². The van der Waals surface area contributed by atoms with Gasteiger partial charge in [-0.25, -0.2) is 4.79 Å². The normalized spacial score (nSPS) is 10.8. The second-order valence-electron chi connectivity index (χ2n) is 4.36. The molecule has 2 heterocycles. The molecule has 0 saturated carbocycles. The summed E-state index contributed by atoms with van der Waals surface area (Å²) in [6.07, 6.45) is 2.63. The maximum absolute atomic E-state index is 10.9. The number of nitrogens with one attached hydrogen (secondary N) is 1. The van der Waals surface area contributed by atoms with Gasteiger partial charge in [0.2, 0.25) is 0 Å². The fourth-order valence-corrected chi connectivity index (χ4v) is 1.92. The molecule has 2 aromatic rings. The van der Waals surface area contributed by atoms with Crippen LogP contribution in [0.5, 0.6) is 0 Å². The quantitative estimate of drug-likeness (QED) is 0.769. The van der Waals surface area contributed by atoms with Gasteiger partial charge in [0.25, 0.3) is 0 Å². The van der Waals surface area contributed by atoms with Crippen molar-refractivity contribution < 1.29 is 14.3 Å². The zero-order chi connectivity index (χ0) is 13.8. The highest BCUT2D eigenvalue weighted by Gasteiger charge is 2.13. The van der Waals surface area contributed by atoms with Gasteiger partial charge in [-0.15, -0.1) is 0 Å². The van der Waals surface area contributed by atoms with E-state index in [1.54, 1.807) is 19.2 Å². The highest BCUT2D eigenvalue weighted by atomic mass is 16.4. The molecule has 0 spiro atoms. The molecule has 0 aliphatic rings. The summed E-state index contributed by atoms with van der Waals surface area (Å²) in [5, 5.41) is 16.2. The summed E-state index contributed by atoms with van der Waals surface area (Å²) in [5.74, 6) is 0.123. The van der Waals surface area contributed by atoms with Gasteiger partial charge in [0.05, 0.1) is 6.54 Å². The number of hydrogen-bond donors (Lipinski definition) is 2. The van der Waals surface area contributed by atoms with Crippen LogP contribution in [-0.4, -0.2) is 27.4 Å². The summed E-state index contributed by atoms with van der Waals surface area (Å²) in [5.41, 5.74) is 1.37. The summed E-state index contributed by atoms with van der Waals surface area (Å²) in [7, 11) is 1.91. The molecular weight excluding hydrogens is 246 g/mol. The van der Waals surface area contributed by atoms with Gasteiger partial charge in [0.1, 0.15) is 17.1 Å². The molecule has 6 heteroatoms. The van der Waals surface area contributed by atoms with Gasteiger partial charge >= 0.3 is 5.97 Å². The summed E-state index contributed by atoms with van der Waals surface area (Å²) in [6.45, 7) is 2.95. The van der Waals surface area contributed by atoms with Crippen molar-refractivity contribution in [1.82, 2.24) is 15.1 Å². The van der Waals surface area contributed by atoms with E-state index in [0.29, 0.717) is 18.1 Å². The van der Waals surface area contributed by atoms with Crippen molar-refractivity contribution in [1.29, 1.82) is 0 Å². The van der Waals surface area contributed by atoms with Crippen LogP contribution in [0.4, 0.5) is 0 Å². The molecule has 102 valence electrons. The molecule has 0 aliphatic heterocycles. The zero-order valence-electron chi connectivity index (χ0n) is 11.0. The Hall–Kier alpha value is -2.08. The molecule has 0 atom stereocenters. The van der Waals surface area contributed by atoms with Crippen molar-refractivity contribution in [3.8, 4) is 0 Å². The maximum Gasteiger partial charge on any atom is 0.339 e. The first-order valence-corrected chi connectivity index (χ1v) is 6.08. The van der Waals surface area contributed by atoms with E-state index in [-0.39, 0.29) is 5.56 Å². The highest BCUT2D eigenvalue weighted by molar-refractivity contribution is 5.88. The van der Waals surface area contributed by atoms with E-state index >= 15 is 0 Å². The standard InChI is InChI=1S/C13H17N3O3/c1-9-12(13(17)18)7-11(19-9)8-14-5-3-10-4-6-15-16(10)2/h4,6-7,14H,3,5,8H2,1-2H3,(H,17,18). The third-order valence-corrected chi connectivity index (χ3v) is 2.98. The fourth-order valence-electron chi connectivity index (χ4n) is 1.92. The number of aromatic carboxylic acids is 1. The second kappa shape index (κ2) is 5.71. The average molecular weight is 263 g/mol. The summed E-state index contributed by atoms with van der Waals surface area (Å²) < 4.78 is 7.21. The summed E-state index contributed by atoms with van der Waals surface area (Å²) in [4.78, 5) is 10.9. The molecule has 0 radical (unpaired) electrons. The van der Waals surface area contributed by atoms with Crippen LogP contribution in [-0.2, 0) is 20.0 Å². The van der Waals surface area contributed by atoms with Crippen LogP contribution in [0.2, 0.25) is 0 Å². The number of carboxylic acids is 1. The molecule has 2 N–H and O–H groups in total. The second-order valence-corrected chi connectivity index (χ2v) is 4.36. The minimum atomic E-state index is -0.956. The number of furan rings is 1. The lowest BCUT2D eigenvalue weighted by atomic mass is 10.2. The smallest absolute Gasteiger partial charge is 0.339 e. The Balaban J connectivity index is 1.81. The molecule has 0 aromatic carbocycles. The van der Waals surface area contributed by atoms with E-state index in [4.69, 9.17) is 9.52 Å². The average Bonchev–Trinajstić information content (AvgIpc) is 2.91. The van der Waals surface area contributed by atoms with Crippen molar-refractivity contribution in [2.75, 3.05) is 6.54 Å². The van der Waals surface area contributed by atoms with E-state index in [1.807, 2.05) is 17.8 Å². The number of carboxylic acid groups (broad SMARTS) is 1. The predicted octanol–water partition coefficient (Wildman–Crippen LogP) is 1.35. The molecule has 0 saturated heterocycles. The first kappa shape index (κ1) is 13.4. The monoisotopic (exact) mass is 263 g/mol. The van der Waals surface area contributed by atoms with Gasteiger partial charge in [-0.05, 0) is 19.1 Å². The lowest BCUT2D eigenvalue weighted by Crippen LogP contribution is -2.17. The molecule has 0 fully saturated rings. The first-order valence-electron chi connectivity index (χ1n) is 6.08. The first-order chi connectivity index (χ1) is 9.08. The van der Waals surface area contributed by atoms with Crippen LogP contribution >= 0.6 is 0 Å². The topological polar surface area (TPSA) is 80.3 Å². The van der Waals surface area contributed by atoms with Crippen molar-refractivity contribution >= 4 is 5.97 Å². The lowest BCUT2D eigenvalue weighted by molar-refractivity contribution is 0.0695. The van der Waals surface area contributed by atoms with Crippen LogP contribution in [0.1, 0.15) is 27.6 Å². The number of aryl methyl sites for hydroxylation is 2. The van der Waals surface area contributed by atoms with Crippen LogP contribution in [0.15, 0.2) is 22.7 Å². The van der Waals surface area contributed by atoms with Crippen molar-refractivity contribution in [3.63, 3.8) is 0 Å². The minimum absolute atomic E-state index is 0.225. The molecule has 2 rings (SSSR count).